The summed E-state index contributed by atoms with van der Waals surface area (Å²) in [4.78, 5) is 0. The van der Waals surface area contributed by atoms with Gasteiger partial charge in [-0.15, -0.1) is 0 Å². The number of rotatable bonds is 3. The quantitative estimate of drug-likeness (QED) is 0.474. The summed E-state index contributed by atoms with van der Waals surface area (Å²) in [5.41, 5.74) is 5.00. The molecule has 4 N–H and O–H groups in total. The average molecular weight is 183 g/mol. The Labute approximate surface area is 50.7 Å². The van der Waals surface area contributed by atoms with E-state index in [1.165, 1.54) is 0 Å². The summed E-state index contributed by atoms with van der Waals surface area (Å²) in [5, 5.41) is -0.0330. The zero-order valence-corrected chi connectivity index (χ0v) is 6.33. The molecule has 0 unspecified atom stereocenters. The molecule has 0 rings (SSSR count). The van der Waals surface area contributed by atoms with Crippen LogP contribution in [0.1, 0.15) is 6.42 Å². The van der Waals surface area contributed by atoms with Gasteiger partial charge < -0.3 is 0 Å². The molecule has 0 aromatic rings. The maximum absolute atomic E-state index is 10.1. The van der Waals surface area contributed by atoms with Gasteiger partial charge >= 0.3 is 50.0 Å². The summed E-state index contributed by atoms with van der Waals surface area (Å²) in [5.74, 6) is 0. The van der Waals surface area contributed by atoms with Gasteiger partial charge in [-0.1, -0.05) is 0 Å². The van der Waals surface area contributed by atoms with Gasteiger partial charge in [-0.2, -0.15) is 0 Å². The van der Waals surface area contributed by atoms with Crippen molar-refractivity contribution in [1.29, 1.82) is 0 Å². The number of nitrogens with two attached hydrogens (primary N) is 1. The van der Waals surface area contributed by atoms with Gasteiger partial charge in [0.05, 0.1) is 0 Å². The molecule has 5 heteroatoms. The second-order valence-electron chi connectivity index (χ2n) is 1.53. The van der Waals surface area contributed by atoms with E-state index >= 15 is 0 Å². The monoisotopic (exact) mass is 183 g/mol. The molecule has 0 amide bonds. The first-order chi connectivity index (χ1) is 3.56. The van der Waals surface area contributed by atoms with E-state index in [1.807, 2.05) is 0 Å². The topological polar surface area (TPSA) is 83.6 Å². The summed E-state index contributed by atoms with van der Waals surface area (Å²) in [6.07, 6.45) is 0.420. The standard InChI is InChI=1S/C3H10AsNO3/c5-3-1-2-4(6,7)8/h1-3,5H2,(H2,6,7,8). The van der Waals surface area contributed by atoms with Crippen molar-refractivity contribution < 1.29 is 11.9 Å². The molecule has 0 fully saturated rings. The minimum atomic E-state index is -4.30. The van der Waals surface area contributed by atoms with Crippen LogP contribution in [0.5, 0.6) is 0 Å². The van der Waals surface area contributed by atoms with Crippen LogP contribution in [0.2, 0.25) is 5.21 Å². The van der Waals surface area contributed by atoms with E-state index in [0.717, 1.165) is 0 Å². The third-order valence-corrected chi connectivity index (χ3v) is 2.54. The fraction of sp³-hybridized carbons (Fsp3) is 1.00. The van der Waals surface area contributed by atoms with Crippen LogP contribution in [0, 0.1) is 0 Å². The van der Waals surface area contributed by atoms with Crippen molar-refractivity contribution in [2.24, 2.45) is 5.73 Å². The Morgan fingerprint density at radius 2 is 2.00 bits per heavy atom. The molecule has 0 bridgehead atoms. The van der Waals surface area contributed by atoms with Crippen LogP contribution in [-0.4, -0.2) is 28.9 Å². The van der Waals surface area contributed by atoms with Crippen molar-refractivity contribution in [3.05, 3.63) is 0 Å². The molecule has 0 radical (unpaired) electrons. The molecule has 0 atom stereocenters. The second kappa shape index (κ2) is 3.30. The molecule has 0 aliphatic rings. The van der Waals surface area contributed by atoms with E-state index in [9.17, 15) is 3.74 Å². The number of hydrogen-bond acceptors (Lipinski definition) is 2. The first kappa shape index (κ1) is 8.24. The molecule has 0 aliphatic carbocycles. The van der Waals surface area contributed by atoms with Gasteiger partial charge in [-0.25, -0.2) is 0 Å². The van der Waals surface area contributed by atoms with Crippen LogP contribution in [0.4, 0.5) is 0 Å². The summed E-state index contributed by atoms with van der Waals surface area (Å²) < 4.78 is 26.6. The first-order valence-electron chi connectivity index (χ1n) is 2.31. The van der Waals surface area contributed by atoms with E-state index in [1.54, 1.807) is 0 Å². The minimum absolute atomic E-state index is 0.0330. The zero-order chi connectivity index (χ0) is 6.62. The molecular weight excluding hydrogens is 173 g/mol. The van der Waals surface area contributed by atoms with Crippen LogP contribution < -0.4 is 5.73 Å². The van der Waals surface area contributed by atoms with Gasteiger partial charge in [-0.3, -0.25) is 0 Å². The predicted molar refractivity (Wildman–Crippen MR) is 29.4 cm³/mol. The number of hydrogen-bond donors (Lipinski definition) is 3. The summed E-state index contributed by atoms with van der Waals surface area (Å²) in [6.45, 7) is 0.354. The van der Waals surface area contributed by atoms with E-state index in [2.05, 4.69) is 0 Å². The Morgan fingerprint density at radius 3 is 2.12 bits per heavy atom. The molecule has 0 saturated carbocycles. The predicted octanol–water partition coefficient (Wildman–Crippen LogP) is -1.31. The van der Waals surface area contributed by atoms with E-state index in [-0.39, 0.29) is 5.21 Å². The van der Waals surface area contributed by atoms with Crippen molar-refractivity contribution in [2.45, 2.75) is 11.6 Å². The molecule has 4 nitrogen and oxygen atoms in total. The summed E-state index contributed by atoms with van der Waals surface area (Å²) in [6, 6.07) is 0. The molecule has 0 spiro atoms. The molecule has 50 valence electrons. The van der Waals surface area contributed by atoms with Gasteiger partial charge in [0, 0.05) is 0 Å². The van der Waals surface area contributed by atoms with Crippen molar-refractivity contribution in [1.82, 2.24) is 0 Å². The molecule has 0 aliphatic heterocycles. The van der Waals surface area contributed by atoms with Crippen LogP contribution >= 0.6 is 0 Å². The van der Waals surface area contributed by atoms with E-state index < -0.39 is 14.2 Å². The van der Waals surface area contributed by atoms with Gasteiger partial charge in [0.25, 0.3) is 0 Å². The van der Waals surface area contributed by atoms with Crippen molar-refractivity contribution >= 4 is 14.2 Å². The molecule has 0 saturated heterocycles. The average Bonchev–Trinajstić information content (AvgIpc) is 1.59. The fourth-order valence-corrected chi connectivity index (χ4v) is 1.54. The van der Waals surface area contributed by atoms with Crippen molar-refractivity contribution in [3.63, 3.8) is 0 Å². The Hall–Kier alpha value is 0.238. The molecule has 0 aromatic heterocycles. The normalized spacial score (nSPS) is 11.9. The zero-order valence-electron chi connectivity index (χ0n) is 4.45. The van der Waals surface area contributed by atoms with E-state index in [0.29, 0.717) is 13.0 Å². The fourth-order valence-electron chi connectivity index (χ4n) is 0.297. The summed E-state index contributed by atoms with van der Waals surface area (Å²) >= 11 is -4.30. The van der Waals surface area contributed by atoms with Crippen LogP contribution in [0.25, 0.3) is 0 Å². The van der Waals surface area contributed by atoms with E-state index in [4.69, 9.17) is 13.9 Å². The van der Waals surface area contributed by atoms with Crippen LogP contribution in [-0.2, 0) is 3.74 Å². The van der Waals surface area contributed by atoms with Crippen LogP contribution in [0.3, 0.4) is 0 Å². The SMILES string of the molecule is NCCC[As](=O)(O)O. The molecular formula is C3H10AsNO3. The third-order valence-electron chi connectivity index (χ3n) is 0.654. The van der Waals surface area contributed by atoms with Gasteiger partial charge in [0.2, 0.25) is 0 Å². The second-order valence-corrected chi connectivity index (χ2v) is 5.26. The van der Waals surface area contributed by atoms with Crippen molar-refractivity contribution in [3.8, 4) is 0 Å². The van der Waals surface area contributed by atoms with Gasteiger partial charge in [-0.05, 0) is 0 Å². The van der Waals surface area contributed by atoms with Crippen molar-refractivity contribution in [2.75, 3.05) is 6.54 Å². The Bertz CT molecular complexity index is 98.7. The summed E-state index contributed by atoms with van der Waals surface area (Å²) in [7, 11) is 0. The Balaban J connectivity index is 3.26. The van der Waals surface area contributed by atoms with Gasteiger partial charge in [0.15, 0.2) is 0 Å². The molecule has 0 aromatic carbocycles. The Morgan fingerprint density at radius 1 is 1.50 bits per heavy atom. The van der Waals surface area contributed by atoms with Gasteiger partial charge in [0.1, 0.15) is 0 Å². The maximum atomic E-state index is 10.1. The first-order valence-corrected chi connectivity index (χ1v) is 6.08. The molecule has 8 heavy (non-hydrogen) atoms. The Kier molecular flexibility index (Phi) is 3.40. The third kappa shape index (κ3) is 6.24. The van der Waals surface area contributed by atoms with Crippen LogP contribution in [0.15, 0.2) is 0 Å². The molecule has 0 heterocycles.